The molecule has 0 unspecified atom stereocenters. The van der Waals surface area contributed by atoms with Gasteiger partial charge in [0.25, 0.3) is 0 Å². The second-order valence-corrected chi connectivity index (χ2v) is 6.02. The molecule has 1 N–H and O–H groups in total. The van der Waals surface area contributed by atoms with E-state index in [2.05, 4.69) is 10.5 Å². The molecule has 2 heterocycles. The van der Waals surface area contributed by atoms with Gasteiger partial charge in [-0.2, -0.15) is 0 Å². The number of carbonyl (C=O) groups excluding carboxylic acids is 1. The minimum atomic E-state index is -0.0251. The Morgan fingerprint density at radius 2 is 1.92 bits per heavy atom. The van der Waals surface area contributed by atoms with Gasteiger partial charge in [-0.1, -0.05) is 41.6 Å². The fourth-order valence-corrected chi connectivity index (χ4v) is 2.86. The Kier molecular flexibility index (Phi) is 4.55. The van der Waals surface area contributed by atoms with Gasteiger partial charge < -0.3 is 19.3 Å². The van der Waals surface area contributed by atoms with Crippen molar-refractivity contribution in [2.75, 3.05) is 6.79 Å². The van der Waals surface area contributed by atoms with E-state index in [1.807, 2.05) is 48.5 Å². The van der Waals surface area contributed by atoms with Crippen LogP contribution in [0.4, 0.5) is 0 Å². The number of ether oxygens (including phenoxy) is 2. The number of fused-ring (bicyclic) bond motifs is 1. The molecule has 3 aromatic rings. The molecule has 26 heavy (non-hydrogen) atoms. The maximum atomic E-state index is 12.2. The third-order valence-corrected chi connectivity index (χ3v) is 4.24. The maximum absolute atomic E-state index is 12.2. The van der Waals surface area contributed by atoms with Crippen LogP contribution in [0.2, 0.25) is 0 Å². The molecule has 1 aromatic heterocycles. The van der Waals surface area contributed by atoms with Crippen LogP contribution in [0.1, 0.15) is 17.5 Å². The lowest BCUT2D eigenvalue weighted by Gasteiger charge is -2.06. The van der Waals surface area contributed by atoms with E-state index in [4.69, 9.17) is 14.0 Å². The smallest absolute Gasteiger partial charge is 0.231 e. The van der Waals surface area contributed by atoms with Crippen LogP contribution in [0.5, 0.6) is 11.5 Å². The first-order valence-corrected chi connectivity index (χ1v) is 8.43. The molecule has 0 fully saturated rings. The third kappa shape index (κ3) is 3.54. The molecule has 0 bridgehead atoms. The zero-order valence-corrected chi connectivity index (χ0v) is 14.1. The van der Waals surface area contributed by atoms with Gasteiger partial charge >= 0.3 is 0 Å². The molecule has 1 amide bonds. The van der Waals surface area contributed by atoms with Crippen LogP contribution in [0.25, 0.3) is 11.3 Å². The molecule has 0 spiro atoms. The number of hydrogen-bond acceptors (Lipinski definition) is 5. The monoisotopic (exact) mass is 350 g/mol. The standard InChI is InChI=1S/C20H18N2O4/c23-19(21-11-14-6-8-17-18(10-14)25-13-24-17)9-7-16-12-26-22-20(16)15-4-2-1-3-5-15/h1-6,8,10,12H,7,9,11,13H2,(H,21,23). The molecule has 2 aromatic carbocycles. The van der Waals surface area contributed by atoms with Crippen LogP contribution in [0, 0.1) is 0 Å². The average molecular weight is 350 g/mol. The lowest BCUT2D eigenvalue weighted by molar-refractivity contribution is -0.121. The van der Waals surface area contributed by atoms with Crippen molar-refractivity contribution in [2.24, 2.45) is 0 Å². The number of rotatable bonds is 6. The summed E-state index contributed by atoms with van der Waals surface area (Å²) in [5.74, 6) is 1.43. The van der Waals surface area contributed by atoms with Gasteiger partial charge in [0, 0.05) is 24.1 Å². The van der Waals surface area contributed by atoms with Gasteiger partial charge in [0.05, 0.1) is 0 Å². The Morgan fingerprint density at radius 3 is 2.81 bits per heavy atom. The number of benzene rings is 2. The second-order valence-electron chi connectivity index (χ2n) is 6.02. The number of carbonyl (C=O) groups is 1. The van der Waals surface area contributed by atoms with E-state index in [0.29, 0.717) is 25.1 Å². The van der Waals surface area contributed by atoms with Crippen molar-refractivity contribution in [2.45, 2.75) is 19.4 Å². The number of nitrogens with one attached hydrogen (secondary N) is 1. The van der Waals surface area contributed by atoms with Crippen molar-refractivity contribution in [3.05, 3.63) is 65.9 Å². The van der Waals surface area contributed by atoms with Gasteiger partial charge in [0.1, 0.15) is 12.0 Å². The van der Waals surface area contributed by atoms with E-state index in [1.54, 1.807) is 6.26 Å². The summed E-state index contributed by atoms with van der Waals surface area (Å²) in [5, 5.41) is 6.98. The van der Waals surface area contributed by atoms with Crippen molar-refractivity contribution < 1.29 is 18.8 Å². The van der Waals surface area contributed by atoms with Crippen LogP contribution < -0.4 is 14.8 Å². The fraction of sp³-hybridized carbons (Fsp3) is 0.200. The molecule has 1 aliphatic heterocycles. The van der Waals surface area contributed by atoms with Gasteiger partial charge in [-0.25, -0.2) is 0 Å². The summed E-state index contributed by atoms with van der Waals surface area (Å²) in [7, 11) is 0. The first kappa shape index (κ1) is 16.2. The van der Waals surface area contributed by atoms with Crippen LogP contribution in [-0.2, 0) is 17.8 Å². The van der Waals surface area contributed by atoms with Crippen molar-refractivity contribution >= 4 is 5.91 Å². The quantitative estimate of drug-likeness (QED) is 0.738. The Labute approximate surface area is 150 Å². The first-order valence-electron chi connectivity index (χ1n) is 8.43. The first-order chi connectivity index (χ1) is 12.8. The van der Waals surface area contributed by atoms with Gasteiger partial charge in [-0.05, 0) is 24.1 Å². The molecular weight excluding hydrogens is 332 g/mol. The van der Waals surface area contributed by atoms with Gasteiger partial charge in [-0.15, -0.1) is 0 Å². The molecule has 0 aliphatic carbocycles. The summed E-state index contributed by atoms with van der Waals surface area (Å²) in [6.07, 6.45) is 2.54. The summed E-state index contributed by atoms with van der Waals surface area (Å²) in [5.41, 5.74) is 3.66. The van der Waals surface area contributed by atoms with E-state index < -0.39 is 0 Å². The molecule has 1 aliphatic rings. The molecular formula is C20H18N2O4. The number of aryl methyl sites for hydroxylation is 1. The van der Waals surface area contributed by atoms with E-state index in [1.165, 1.54) is 0 Å². The summed E-state index contributed by atoms with van der Waals surface area (Å²) < 4.78 is 15.7. The Bertz CT molecular complexity index is 905. The molecule has 4 rings (SSSR count). The molecule has 0 saturated heterocycles. The average Bonchev–Trinajstić information content (AvgIpc) is 3.34. The molecule has 0 radical (unpaired) electrons. The minimum absolute atomic E-state index is 0.0251. The summed E-state index contributed by atoms with van der Waals surface area (Å²) in [4.78, 5) is 12.2. The summed E-state index contributed by atoms with van der Waals surface area (Å²) >= 11 is 0. The lowest BCUT2D eigenvalue weighted by Crippen LogP contribution is -2.23. The van der Waals surface area contributed by atoms with E-state index >= 15 is 0 Å². The summed E-state index contributed by atoms with van der Waals surface area (Å²) in [6.45, 7) is 0.693. The maximum Gasteiger partial charge on any atom is 0.231 e. The van der Waals surface area contributed by atoms with Crippen LogP contribution >= 0.6 is 0 Å². The van der Waals surface area contributed by atoms with Crippen LogP contribution in [-0.4, -0.2) is 17.9 Å². The Balaban J connectivity index is 1.32. The zero-order chi connectivity index (χ0) is 17.8. The normalized spacial score (nSPS) is 12.2. The van der Waals surface area contributed by atoms with Crippen LogP contribution in [0.15, 0.2) is 59.3 Å². The van der Waals surface area contributed by atoms with E-state index in [-0.39, 0.29) is 12.7 Å². The Morgan fingerprint density at radius 1 is 1.08 bits per heavy atom. The number of nitrogens with zero attached hydrogens (tertiary/aromatic N) is 1. The van der Waals surface area contributed by atoms with Gasteiger partial charge in [0.15, 0.2) is 11.5 Å². The lowest BCUT2D eigenvalue weighted by atomic mass is 10.0. The van der Waals surface area contributed by atoms with E-state index in [9.17, 15) is 4.79 Å². The topological polar surface area (TPSA) is 73.6 Å². The van der Waals surface area contributed by atoms with Crippen molar-refractivity contribution in [3.8, 4) is 22.8 Å². The number of amides is 1. The third-order valence-electron chi connectivity index (χ3n) is 4.24. The highest BCUT2D eigenvalue weighted by Crippen LogP contribution is 2.32. The highest BCUT2D eigenvalue weighted by molar-refractivity contribution is 5.76. The predicted molar refractivity (Wildman–Crippen MR) is 94.7 cm³/mol. The minimum Gasteiger partial charge on any atom is -0.454 e. The highest BCUT2D eigenvalue weighted by atomic mass is 16.7. The molecule has 132 valence electrons. The molecule has 0 atom stereocenters. The Hall–Kier alpha value is -3.28. The largest absolute Gasteiger partial charge is 0.454 e. The number of hydrogen-bond donors (Lipinski definition) is 1. The van der Waals surface area contributed by atoms with Gasteiger partial charge in [0.2, 0.25) is 12.7 Å². The molecule has 0 saturated carbocycles. The fourth-order valence-electron chi connectivity index (χ4n) is 2.86. The van der Waals surface area contributed by atoms with E-state index in [0.717, 1.165) is 28.1 Å². The second kappa shape index (κ2) is 7.31. The van der Waals surface area contributed by atoms with Crippen LogP contribution in [0.3, 0.4) is 0 Å². The SMILES string of the molecule is O=C(CCc1conc1-c1ccccc1)NCc1ccc2c(c1)OCO2. The molecule has 6 nitrogen and oxygen atoms in total. The summed E-state index contributed by atoms with van der Waals surface area (Å²) in [6, 6.07) is 15.5. The van der Waals surface area contributed by atoms with Crippen molar-refractivity contribution in [1.82, 2.24) is 10.5 Å². The highest BCUT2D eigenvalue weighted by Gasteiger charge is 2.14. The van der Waals surface area contributed by atoms with Crippen molar-refractivity contribution in [1.29, 1.82) is 0 Å². The zero-order valence-electron chi connectivity index (χ0n) is 14.1. The van der Waals surface area contributed by atoms with Gasteiger partial charge in [-0.3, -0.25) is 4.79 Å². The number of aromatic nitrogens is 1. The molecule has 6 heteroatoms. The predicted octanol–water partition coefficient (Wildman–Crippen LogP) is 3.32. The van der Waals surface area contributed by atoms with Crippen molar-refractivity contribution in [3.63, 3.8) is 0 Å².